The Balaban J connectivity index is 1.92. The summed E-state index contributed by atoms with van der Waals surface area (Å²) in [6.07, 6.45) is 5.13. The van der Waals surface area contributed by atoms with E-state index < -0.39 is 5.60 Å². The van der Waals surface area contributed by atoms with E-state index in [0.717, 1.165) is 18.4 Å². The van der Waals surface area contributed by atoms with E-state index in [9.17, 15) is 9.59 Å². The molecule has 5 nitrogen and oxygen atoms in total. The maximum absolute atomic E-state index is 12.4. The van der Waals surface area contributed by atoms with Crippen LogP contribution in [0.5, 0.6) is 0 Å². The molecule has 0 radical (unpaired) electrons. The van der Waals surface area contributed by atoms with Gasteiger partial charge in [0.2, 0.25) is 0 Å². The fraction of sp³-hybridized carbons (Fsp3) is 0.588. The second-order valence-electron chi connectivity index (χ2n) is 6.76. The first-order chi connectivity index (χ1) is 10.3. The Hall–Kier alpha value is -1.91. The van der Waals surface area contributed by atoms with Gasteiger partial charge >= 0.3 is 6.09 Å². The van der Waals surface area contributed by atoms with Gasteiger partial charge in [-0.25, -0.2) is 4.79 Å². The van der Waals surface area contributed by atoms with Crippen molar-refractivity contribution in [2.24, 2.45) is 5.92 Å². The molecule has 1 aliphatic rings. The molecule has 0 bridgehead atoms. The van der Waals surface area contributed by atoms with Gasteiger partial charge in [-0.1, -0.05) is 0 Å². The summed E-state index contributed by atoms with van der Waals surface area (Å²) in [6, 6.07) is 3.71. The highest BCUT2D eigenvalue weighted by Crippen LogP contribution is 2.21. The molecule has 5 heteroatoms. The zero-order valence-electron chi connectivity index (χ0n) is 13.5. The van der Waals surface area contributed by atoms with Gasteiger partial charge in [0.1, 0.15) is 11.4 Å². The van der Waals surface area contributed by atoms with Crippen molar-refractivity contribution in [3.8, 4) is 0 Å². The van der Waals surface area contributed by atoms with Crippen molar-refractivity contribution in [2.75, 3.05) is 13.1 Å². The minimum Gasteiger partial charge on any atom is -0.444 e. The maximum atomic E-state index is 12.4. The largest absolute Gasteiger partial charge is 0.444 e. The Morgan fingerprint density at radius 3 is 2.64 bits per heavy atom. The highest BCUT2D eigenvalue weighted by molar-refractivity contribution is 5.84. The topological polar surface area (TPSA) is 59.5 Å². The zero-order valence-corrected chi connectivity index (χ0v) is 13.5. The van der Waals surface area contributed by atoms with Crippen molar-refractivity contribution in [1.29, 1.82) is 0 Å². The Morgan fingerprint density at radius 1 is 1.32 bits per heavy atom. The van der Waals surface area contributed by atoms with Crippen LogP contribution in [-0.2, 0) is 16.0 Å². The van der Waals surface area contributed by atoms with Gasteiger partial charge in [-0.05, 0) is 51.3 Å². The van der Waals surface area contributed by atoms with Crippen molar-refractivity contribution in [2.45, 2.75) is 45.6 Å². The van der Waals surface area contributed by atoms with Gasteiger partial charge in [0.25, 0.3) is 0 Å². The molecule has 0 saturated carbocycles. The molecule has 1 amide bonds. The number of aromatic nitrogens is 1. The molecule has 22 heavy (non-hydrogen) atoms. The smallest absolute Gasteiger partial charge is 0.410 e. The summed E-state index contributed by atoms with van der Waals surface area (Å²) in [4.78, 5) is 30.2. The number of carbonyl (C=O) groups is 2. The summed E-state index contributed by atoms with van der Waals surface area (Å²) in [6.45, 7) is 6.66. The molecule has 0 aromatic carbocycles. The predicted octanol–water partition coefficient (Wildman–Crippen LogP) is 2.84. The Kier molecular flexibility index (Phi) is 5.16. The number of pyridine rings is 1. The van der Waals surface area contributed by atoms with Crippen molar-refractivity contribution < 1.29 is 14.3 Å². The number of ketones is 1. The van der Waals surface area contributed by atoms with Gasteiger partial charge < -0.3 is 9.64 Å². The lowest BCUT2D eigenvalue weighted by Gasteiger charge is -2.33. The fourth-order valence-corrected chi connectivity index (χ4v) is 2.58. The third-order valence-corrected chi connectivity index (χ3v) is 3.66. The molecule has 1 fully saturated rings. The number of hydrogen-bond acceptors (Lipinski definition) is 4. The lowest BCUT2D eigenvalue weighted by atomic mass is 9.91. The van der Waals surface area contributed by atoms with Gasteiger partial charge in [-0.2, -0.15) is 0 Å². The van der Waals surface area contributed by atoms with E-state index in [0.29, 0.717) is 19.5 Å². The summed E-state index contributed by atoms with van der Waals surface area (Å²) in [7, 11) is 0. The van der Waals surface area contributed by atoms with Gasteiger partial charge in [0, 0.05) is 37.8 Å². The van der Waals surface area contributed by atoms with Crippen molar-refractivity contribution in [3.63, 3.8) is 0 Å². The van der Waals surface area contributed by atoms with Gasteiger partial charge in [0.15, 0.2) is 0 Å². The van der Waals surface area contributed by atoms with Crippen molar-refractivity contribution in [3.05, 3.63) is 30.1 Å². The fourth-order valence-electron chi connectivity index (χ4n) is 2.58. The molecule has 0 unspecified atom stereocenters. The predicted molar refractivity (Wildman–Crippen MR) is 83.5 cm³/mol. The summed E-state index contributed by atoms with van der Waals surface area (Å²) < 4.78 is 5.39. The molecule has 1 aromatic rings. The molecule has 1 saturated heterocycles. The van der Waals surface area contributed by atoms with E-state index in [1.807, 2.05) is 32.9 Å². The number of amides is 1. The van der Waals surface area contributed by atoms with E-state index in [4.69, 9.17) is 4.74 Å². The molecule has 1 aromatic heterocycles. The van der Waals surface area contributed by atoms with Crippen molar-refractivity contribution >= 4 is 11.9 Å². The Labute approximate surface area is 131 Å². The molecule has 120 valence electrons. The molecular weight excluding hydrogens is 280 g/mol. The van der Waals surface area contributed by atoms with E-state index in [-0.39, 0.29) is 17.8 Å². The molecule has 0 spiro atoms. The number of nitrogens with zero attached hydrogens (tertiary/aromatic N) is 2. The van der Waals surface area contributed by atoms with Crippen LogP contribution in [0.15, 0.2) is 24.5 Å². The van der Waals surface area contributed by atoms with Crippen LogP contribution in [0.1, 0.15) is 39.2 Å². The third kappa shape index (κ3) is 4.83. The molecule has 2 heterocycles. The van der Waals surface area contributed by atoms with Crippen LogP contribution in [0, 0.1) is 5.92 Å². The Morgan fingerprint density at radius 2 is 2.00 bits per heavy atom. The second-order valence-corrected chi connectivity index (χ2v) is 6.76. The van der Waals surface area contributed by atoms with Gasteiger partial charge in [-0.15, -0.1) is 0 Å². The normalized spacial score (nSPS) is 18.9. The van der Waals surface area contributed by atoms with E-state index in [1.165, 1.54) is 0 Å². The standard InChI is InChI=1S/C17H24N2O3/c1-17(2,3)22-16(21)19-10-4-5-14(12-19)15(20)11-13-6-8-18-9-7-13/h6-9,14H,4-5,10-12H2,1-3H3/t14-/m1/s1. The monoisotopic (exact) mass is 304 g/mol. The van der Waals surface area contributed by atoms with Crippen LogP contribution in [0.4, 0.5) is 4.79 Å². The van der Waals surface area contributed by atoms with E-state index in [2.05, 4.69) is 4.98 Å². The summed E-state index contributed by atoms with van der Waals surface area (Å²) in [5.74, 6) is 0.0777. The number of piperidine rings is 1. The lowest BCUT2D eigenvalue weighted by molar-refractivity contribution is -0.123. The highest BCUT2D eigenvalue weighted by Gasteiger charge is 2.30. The lowest BCUT2D eigenvalue weighted by Crippen LogP contribution is -2.44. The number of hydrogen-bond donors (Lipinski definition) is 0. The molecule has 1 atom stereocenters. The molecular formula is C17H24N2O3. The zero-order chi connectivity index (χ0) is 16.2. The summed E-state index contributed by atoms with van der Waals surface area (Å²) in [5, 5.41) is 0. The van der Waals surface area contributed by atoms with Crippen LogP contribution >= 0.6 is 0 Å². The third-order valence-electron chi connectivity index (χ3n) is 3.66. The SMILES string of the molecule is CC(C)(C)OC(=O)N1CCC[C@@H](C(=O)Cc2ccncc2)C1. The van der Waals surface area contributed by atoms with Crippen LogP contribution in [-0.4, -0.2) is 40.5 Å². The number of Topliss-reactive ketones (excluding diaryl/α,β-unsaturated/α-hetero) is 1. The highest BCUT2D eigenvalue weighted by atomic mass is 16.6. The first-order valence-corrected chi connectivity index (χ1v) is 7.75. The first-order valence-electron chi connectivity index (χ1n) is 7.75. The maximum Gasteiger partial charge on any atom is 0.410 e. The summed E-state index contributed by atoms with van der Waals surface area (Å²) in [5.41, 5.74) is 0.458. The number of rotatable bonds is 3. The van der Waals surface area contributed by atoms with Gasteiger partial charge in [0.05, 0.1) is 0 Å². The second kappa shape index (κ2) is 6.90. The number of likely N-dealkylation sites (tertiary alicyclic amines) is 1. The Bertz CT molecular complexity index is 522. The molecule has 1 aliphatic heterocycles. The van der Waals surface area contributed by atoms with Gasteiger partial charge in [-0.3, -0.25) is 9.78 Å². The minimum atomic E-state index is -0.509. The average molecular weight is 304 g/mol. The number of ether oxygens (including phenoxy) is 1. The van der Waals surface area contributed by atoms with E-state index >= 15 is 0 Å². The minimum absolute atomic E-state index is 0.102. The van der Waals surface area contributed by atoms with Crippen LogP contribution in [0.3, 0.4) is 0 Å². The summed E-state index contributed by atoms with van der Waals surface area (Å²) >= 11 is 0. The average Bonchev–Trinajstić information content (AvgIpc) is 2.46. The van der Waals surface area contributed by atoms with Crippen molar-refractivity contribution in [1.82, 2.24) is 9.88 Å². The van der Waals surface area contributed by atoms with E-state index in [1.54, 1.807) is 17.3 Å². The molecule has 2 rings (SSSR count). The van der Waals surface area contributed by atoms with Crippen LogP contribution in [0.25, 0.3) is 0 Å². The van der Waals surface area contributed by atoms with Crippen LogP contribution in [0.2, 0.25) is 0 Å². The molecule has 0 N–H and O–H groups in total. The number of carbonyl (C=O) groups excluding carboxylic acids is 2. The quantitative estimate of drug-likeness (QED) is 0.861. The first kappa shape index (κ1) is 16.5. The molecule has 0 aliphatic carbocycles. The van der Waals surface area contributed by atoms with Crippen LogP contribution < -0.4 is 0 Å².